The highest BCUT2D eigenvalue weighted by Gasteiger charge is 2.39. The van der Waals surface area contributed by atoms with Crippen LogP contribution < -0.4 is 15.5 Å². The fourth-order valence-electron chi connectivity index (χ4n) is 5.17. The SMILES string of the molecule is CNc1cc(N2CCc3c(-c4ccc(C5OCCO5)cn4)cc(F)cc32)nn2c(C(=O)N[C@@H]3C[C@@H]3F)cnc12. The Morgan fingerprint density at radius 2 is 1.95 bits per heavy atom. The number of carbonyl (C=O) groups is 1. The maximum Gasteiger partial charge on any atom is 0.271 e. The number of aromatic nitrogens is 4. The van der Waals surface area contributed by atoms with Crippen LogP contribution in [0.25, 0.3) is 16.9 Å². The fourth-order valence-corrected chi connectivity index (χ4v) is 5.17. The Kier molecular flexibility index (Phi) is 5.67. The number of anilines is 3. The van der Waals surface area contributed by atoms with Gasteiger partial charge in [0.15, 0.2) is 23.4 Å². The van der Waals surface area contributed by atoms with Gasteiger partial charge in [-0.05, 0) is 30.2 Å². The van der Waals surface area contributed by atoms with Crippen molar-refractivity contribution in [2.45, 2.75) is 31.3 Å². The summed E-state index contributed by atoms with van der Waals surface area (Å²) < 4.78 is 40.9. The van der Waals surface area contributed by atoms with Gasteiger partial charge in [-0.25, -0.2) is 18.3 Å². The molecule has 1 amide bonds. The Balaban J connectivity index is 1.25. The van der Waals surface area contributed by atoms with Crippen LogP contribution >= 0.6 is 0 Å². The van der Waals surface area contributed by atoms with Crippen molar-refractivity contribution in [3.05, 3.63) is 65.4 Å². The topological polar surface area (TPSA) is 106 Å². The Bertz CT molecular complexity index is 1590. The van der Waals surface area contributed by atoms with Crippen LogP contribution in [0.15, 0.2) is 42.7 Å². The minimum atomic E-state index is -1.02. The second kappa shape index (κ2) is 9.24. The van der Waals surface area contributed by atoms with E-state index in [9.17, 15) is 13.6 Å². The van der Waals surface area contributed by atoms with Crippen molar-refractivity contribution in [1.29, 1.82) is 0 Å². The van der Waals surface area contributed by atoms with Gasteiger partial charge in [-0.15, -0.1) is 5.10 Å². The zero-order valence-electron chi connectivity index (χ0n) is 21.0. The van der Waals surface area contributed by atoms with Gasteiger partial charge in [0.05, 0.1) is 36.8 Å². The molecule has 1 aliphatic carbocycles. The molecule has 10 nitrogen and oxygen atoms in total. The van der Waals surface area contributed by atoms with Crippen molar-refractivity contribution in [1.82, 2.24) is 24.9 Å². The minimum absolute atomic E-state index is 0.196. The number of imidazole rings is 1. The normalized spacial score (nSPS) is 20.4. The maximum atomic E-state index is 15.0. The van der Waals surface area contributed by atoms with E-state index in [1.807, 2.05) is 23.1 Å². The van der Waals surface area contributed by atoms with Crippen molar-refractivity contribution in [2.24, 2.45) is 0 Å². The smallest absolute Gasteiger partial charge is 0.271 e. The molecule has 5 heterocycles. The number of hydrogen-bond donors (Lipinski definition) is 2. The van der Waals surface area contributed by atoms with Crippen LogP contribution in [-0.4, -0.2) is 64.5 Å². The number of amides is 1. The molecule has 2 fully saturated rings. The quantitative estimate of drug-likeness (QED) is 0.388. The lowest BCUT2D eigenvalue weighted by Crippen LogP contribution is -2.28. The number of hydrogen-bond acceptors (Lipinski definition) is 8. The first-order valence-electron chi connectivity index (χ1n) is 12.8. The Labute approximate surface area is 222 Å². The van der Waals surface area contributed by atoms with Crippen LogP contribution in [0.1, 0.15) is 34.3 Å². The first kappa shape index (κ1) is 23.9. The second-order valence-corrected chi connectivity index (χ2v) is 9.78. The number of alkyl halides is 1. The average Bonchev–Trinajstić information content (AvgIpc) is 3.42. The van der Waals surface area contributed by atoms with Crippen LogP contribution in [0.2, 0.25) is 0 Å². The van der Waals surface area contributed by atoms with Crippen molar-refractivity contribution in [3.63, 3.8) is 0 Å². The van der Waals surface area contributed by atoms with Gasteiger partial charge in [0.2, 0.25) is 0 Å². The standard InChI is InChI=1S/C27H25F2N7O3/c1-30-21-11-24(34-36-23(13-32-25(21)36)26(37)33-20-10-18(20)29)35-5-4-16-17(8-15(28)9-22(16)35)19-3-2-14(12-31-19)27-38-6-7-39-27/h2-3,8-9,11-13,18,20,27,30H,4-7,10H2,1H3,(H,33,37)/t18-,20+/m0/s1. The molecule has 12 heteroatoms. The summed E-state index contributed by atoms with van der Waals surface area (Å²) in [6, 6.07) is 8.05. The van der Waals surface area contributed by atoms with E-state index in [-0.39, 0.29) is 5.69 Å². The minimum Gasteiger partial charge on any atom is -0.385 e. The predicted molar refractivity (Wildman–Crippen MR) is 138 cm³/mol. The molecule has 7 rings (SSSR count). The summed E-state index contributed by atoms with van der Waals surface area (Å²) in [5, 5.41) is 10.5. The third-order valence-electron chi connectivity index (χ3n) is 7.29. The zero-order chi connectivity index (χ0) is 26.7. The van der Waals surface area contributed by atoms with E-state index in [0.29, 0.717) is 66.7 Å². The largest absolute Gasteiger partial charge is 0.385 e. The molecule has 2 N–H and O–H groups in total. The lowest BCUT2D eigenvalue weighted by Gasteiger charge is -2.20. The lowest BCUT2D eigenvalue weighted by molar-refractivity contribution is -0.0443. The van der Waals surface area contributed by atoms with Gasteiger partial charge in [0, 0.05) is 49.1 Å². The molecule has 4 aromatic rings. The summed E-state index contributed by atoms with van der Waals surface area (Å²) >= 11 is 0. The molecule has 3 aromatic heterocycles. The first-order valence-corrected chi connectivity index (χ1v) is 12.8. The van der Waals surface area contributed by atoms with Crippen LogP contribution in [0.4, 0.5) is 26.0 Å². The molecule has 200 valence electrons. The van der Waals surface area contributed by atoms with Crippen molar-refractivity contribution in [2.75, 3.05) is 37.0 Å². The molecular formula is C27H25F2N7O3. The van der Waals surface area contributed by atoms with Gasteiger partial charge in [0.25, 0.3) is 5.91 Å². The average molecular weight is 534 g/mol. The molecule has 1 saturated heterocycles. The molecule has 3 aliphatic rings. The van der Waals surface area contributed by atoms with E-state index in [1.165, 1.54) is 22.8 Å². The second-order valence-electron chi connectivity index (χ2n) is 9.78. The summed E-state index contributed by atoms with van der Waals surface area (Å²) in [5.41, 5.74) is 5.09. The summed E-state index contributed by atoms with van der Waals surface area (Å²) in [5.74, 6) is -0.327. The zero-order valence-corrected chi connectivity index (χ0v) is 21.0. The summed E-state index contributed by atoms with van der Waals surface area (Å²) in [4.78, 5) is 23.7. The van der Waals surface area contributed by atoms with E-state index >= 15 is 0 Å². The van der Waals surface area contributed by atoms with E-state index in [0.717, 1.165) is 11.1 Å². The Hall–Kier alpha value is -4.16. The number of benzene rings is 1. The van der Waals surface area contributed by atoms with E-state index in [2.05, 4.69) is 20.6 Å². The van der Waals surface area contributed by atoms with Crippen LogP contribution in [0.3, 0.4) is 0 Å². The van der Waals surface area contributed by atoms with Crippen LogP contribution in [0, 0.1) is 5.82 Å². The van der Waals surface area contributed by atoms with Gasteiger partial charge in [-0.2, -0.15) is 0 Å². The fraction of sp³-hybridized carbons (Fsp3) is 0.333. The molecule has 0 spiro atoms. The van der Waals surface area contributed by atoms with Gasteiger partial charge in [0.1, 0.15) is 12.0 Å². The molecule has 0 unspecified atom stereocenters. The molecule has 0 bridgehead atoms. The molecule has 39 heavy (non-hydrogen) atoms. The Morgan fingerprint density at radius 3 is 2.67 bits per heavy atom. The van der Waals surface area contributed by atoms with E-state index in [4.69, 9.17) is 14.6 Å². The van der Waals surface area contributed by atoms with Crippen molar-refractivity contribution >= 4 is 28.7 Å². The van der Waals surface area contributed by atoms with Gasteiger partial charge in [-0.3, -0.25) is 9.78 Å². The maximum absolute atomic E-state index is 15.0. The van der Waals surface area contributed by atoms with Gasteiger partial charge < -0.3 is 25.0 Å². The molecule has 1 aromatic carbocycles. The van der Waals surface area contributed by atoms with Gasteiger partial charge in [-0.1, -0.05) is 6.07 Å². The number of nitrogens with zero attached hydrogens (tertiary/aromatic N) is 5. The molecule has 0 radical (unpaired) electrons. The number of ether oxygens (including phenoxy) is 2. The number of halogens is 2. The monoisotopic (exact) mass is 533 g/mol. The van der Waals surface area contributed by atoms with E-state index in [1.54, 1.807) is 13.2 Å². The third-order valence-corrected chi connectivity index (χ3v) is 7.29. The van der Waals surface area contributed by atoms with E-state index < -0.39 is 30.2 Å². The highest BCUT2D eigenvalue weighted by molar-refractivity contribution is 5.94. The number of fused-ring (bicyclic) bond motifs is 2. The Morgan fingerprint density at radius 1 is 1.13 bits per heavy atom. The highest BCUT2D eigenvalue weighted by atomic mass is 19.1. The summed E-state index contributed by atoms with van der Waals surface area (Å²) in [6.07, 6.45) is 2.62. The third kappa shape index (κ3) is 4.16. The first-order chi connectivity index (χ1) is 19.0. The molecular weight excluding hydrogens is 508 g/mol. The summed E-state index contributed by atoms with van der Waals surface area (Å²) in [7, 11) is 1.75. The molecule has 1 saturated carbocycles. The van der Waals surface area contributed by atoms with Crippen LogP contribution in [0.5, 0.6) is 0 Å². The molecule has 2 atom stereocenters. The predicted octanol–water partition coefficient (Wildman–Crippen LogP) is 3.55. The molecule has 2 aliphatic heterocycles. The van der Waals surface area contributed by atoms with Crippen LogP contribution in [-0.2, 0) is 15.9 Å². The number of rotatable bonds is 6. The van der Waals surface area contributed by atoms with Gasteiger partial charge >= 0.3 is 0 Å². The lowest BCUT2D eigenvalue weighted by atomic mass is 10.0. The van der Waals surface area contributed by atoms with Crippen molar-refractivity contribution < 1.29 is 23.0 Å². The number of carbonyl (C=O) groups excluding carboxylic acids is 1. The number of pyridine rings is 1. The number of nitrogens with one attached hydrogen (secondary N) is 2. The van der Waals surface area contributed by atoms with Crippen molar-refractivity contribution in [3.8, 4) is 11.3 Å². The highest BCUT2D eigenvalue weighted by Crippen LogP contribution is 2.41. The summed E-state index contributed by atoms with van der Waals surface area (Å²) in [6.45, 7) is 1.63.